The largest absolute Gasteiger partial charge is 0.368 e. The quantitative estimate of drug-likeness (QED) is 0.151. The number of Topliss-reactive ketones (excluding diaryl/α,β-unsaturated/α-hetero) is 2. The summed E-state index contributed by atoms with van der Waals surface area (Å²) in [6.45, 7) is 21.1. The Morgan fingerprint density at radius 3 is 1.64 bits per heavy atom. The minimum absolute atomic E-state index is 0.132. The van der Waals surface area contributed by atoms with Gasteiger partial charge in [0.25, 0.3) is 0 Å². The second kappa shape index (κ2) is 26.4. The zero-order valence-electron chi connectivity index (χ0n) is 50.0. The van der Waals surface area contributed by atoms with E-state index < -0.39 is 0 Å². The zero-order chi connectivity index (χ0) is 59.5. The maximum atomic E-state index is 11.1. The third-order valence-corrected chi connectivity index (χ3v) is 21.3. The summed E-state index contributed by atoms with van der Waals surface area (Å²) in [7, 11) is 0. The maximum Gasteiger partial charge on any atom is 0.222 e. The summed E-state index contributed by atoms with van der Waals surface area (Å²) in [4.78, 5) is 46.3. The molecule has 0 radical (unpaired) electrons. The van der Waals surface area contributed by atoms with Gasteiger partial charge in [0.15, 0.2) is 24.5 Å². The summed E-state index contributed by atoms with van der Waals surface area (Å²) in [6.07, 6.45) is 20.7. The molecule has 0 amide bonds. The standard InChI is InChI=1S/C16H12N2S.2C11H16N2OS.2C11H14N2S.C4H6N2O/c1-11-6-8-12(9-7-11)13-10-18-14-4-2-3-5-15(14)19-16(18)17-13;1-7-3-4-10-9(5-7)13(6-8(2)14)11(12)15-10;1-7-3-4-9-10(5-7)15-11(12)13(9)6-8(2)14;1-7-3-4-10-9(5-7)13-6-8(2)12-11(13)14-10;1-7-3-4-9-10(5-7)14-11-12-8(2)6-13(9)11;1-3-2-4(5)7-6-3/h2-10H,1H3;2*7,12H,3-6H2,1-2H3;2*6-7H,3-5H2,1-2H3;2H,5H2,1H3. The van der Waals surface area contributed by atoms with E-state index in [1.807, 2.05) is 38.7 Å². The molecule has 0 bridgehead atoms. The first-order valence-corrected chi connectivity index (χ1v) is 33.4. The van der Waals surface area contributed by atoms with Gasteiger partial charge < -0.3 is 19.4 Å². The molecule has 20 heteroatoms. The van der Waals surface area contributed by atoms with Crippen LogP contribution in [0.4, 0.5) is 5.88 Å². The van der Waals surface area contributed by atoms with E-state index in [9.17, 15) is 9.59 Å². The minimum atomic E-state index is 0.132. The zero-order valence-corrected chi connectivity index (χ0v) is 54.1. The first-order chi connectivity index (χ1) is 40.2. The summed E-state index contributed by atoms with van der Waals surface area (Å²) >= 11 is 8.56. The monoisotopic (exact) mass is 1220 g/mol. The molecular weight excluding hydrogens is 1150 g/mol. The Morgan fingerprint density at radius 1 is 0.560 bits per heavy atom. The normalized spacial score (nSPS) is 17.6. The van der Waals surface area contributed by atoms with Gasteiger partial charge in [-0.1, -0.05) is 86.2 Å². The molecule has 4 aliphatic rings. The minimum Gasteiger partial charge on any atom is -0.368 e. The highest BCUT2D eigenvalue weighted by Gasteiger charge is 2.25. The highest BCUT2D eigenvalue weighted by molar-refractivity contribution is 7.23. The predicted octanol–water partition coefficient (Wildman–Crippen LogP) is 14.2. The molecule has 0 saturated carbocycles. The molecule has 2 aromatic carbocycles. The van der Waals surface area contributed by atoms with E-state index in [2.05, 4.69) is 148 Å². The van der Waals surface area contributed by atoms with E-state index in [1.165, 1.54) is 138 Å². The van der Waals surface area contributed by atoms with Gasteiger partial charge in [-0.05, 0) is 154 Å². The number of thiazole rings is 5. The number of ketones is 2. The van der Waals surface area contributed by atoms with Crippen molar-refractivity contribution in [3.63, 3.8) is 0 Å². The Hall–Kier alpha value is -6.58. The Labute approximate surface area is 510 Å². The van der Waals surface area contributed by atoms with E-state index in [0.717, 1.165) is 71.2 Å². The molecule has 15 rings (SSSR count). The maximum absolute atomic E-state index is 11.1. The topological polar surface area (TPSA) is 196 Å². The van der Waals surface area contributed by atoms with E-state index >= 15 is 0 Å². The molecule has 9 heterocycles. The van der Waals surface area contributed by atoms with Gasteiger partial charge in [-0.25, -0.2) is 15.0 Å². The van der Waals surface area contributed by atoms with Crippen molar-refractivity contribution in [3.8, 4) is 11.3 Å². The molecule has 4 atom stereocenters. The number of fused-ring (bicyclic) bond motifs is 11. The molecule has 0 fully saturated rings. The number of nitrogens with two attached hydrogens (primary N) is 1. The lowest BCUT2D eigenvalue weighted by atomic mass is 9.92. The lowest BCUT2D eigenvalue weighted by Gasteiger charge is -2.19. The smallest absolute Gasteiger partial charge is 0.222 e. The summed E-state index contributed by atoms with van der Waals surface area (Å²) < 4.78 is 16.3. The molecule has 442 valence electrons. The van der Waals surface area contributed by atoms with E-state index in [4.69, 9.17) is 21.5 Å². The second-order valence-electron chi connectivity index (χ2n) is 23.6. The fraction of sp³-hybridized carbons (Fsp3) is 0.438. The number of carbonyl (C=O) groups is 2. The third kappa shape index (κ3) is 14.2. The summed E-state index contributed by atoms with van der Waals surface area (Å²) in [5.74, 6) is 3.73. The number of para-hydroxylation sites is 1. The number of benzene rings is 2. The SMILES string of the molecule is CC(=O)Cn1c2c(sc1=N)CC(C)CC2.CC(=O)Cn1c2c(sc1=N)CCC(C)C2.Cc1cc(N)on1.Cc1ccc(-c2cn3c(n2)sc2ccccc23)cc1.Cc1cn2c3c(sc2n1)CC(C)CC3.Cc1cn2c3c(sc2n1)CCC(C)C3. The van der Waals surface area contributed by atoms with Crippen molar-refractivity contribution >= 4 is 99.2 Å². The van der Waals surface area contributed by atoms with Crippen molar-refractivity contribution in [2.75, 3.05) is 5.73 Å². The number of anilines is 1. The van der Waals surface area contributed by atoms with Crippen LogP contribution in [-0.4, -0.2) is 54.0 Å². The van der Waals surface area contributed by atoms with Crippen LogP contribution in [0.25, 0.3) is 36.4 Å². The molecule has 4 aliphatic carbocycles. The first kappa shape index (κ1) is 60.5. The van der Waals surface area contributed by atoms with Gasteiger partial charge in [0.2, 0.25) is 5.88 Å². The number of nitrogens with zero attached hydrogens (tertiary/aromatic N) is 9. The van der Waals surface area contributed by atoms with E-state index in [-0.39, 0.29) is 11.6 Å². The Bertz CT molecular complexity index is 4200. The second-order valence-corrected chi connectivity index (χ2v) is 28.9. The van der Waals surface area contributed by atoms with Crippen molar-refractivity contribution in [2.24, 2.45) is 23.7 Å². The molecule has 84 heavy (non-hydrogen) atoms. The van der Waals surface area contributed by atoms with Gasteiger partial charge in [-0.2, -0.15) is 0 Å². The van der Waals surface area contributed by atoms with Crippen molar-refractivity contribution in [3.05, 3.63) is 148 Å². The highest BCUT2D eigenvalue weighted by Crippen LogP contribution is 2.35. The summed E-state index contributed by atoms with van der Waals surface area (Å²) in [5.41, 5.74) is 18.5. The van der Waals surface area contributed by atoms with Gasteiger partial charge in [-0.15, -0.1) is 45.3 Å². The third-order valence-electron chi connectivity index (χ3n) is 15.9. The van der Waals surface area contributed by atoms with Crippen molar-refractivity contribution in [2.45, 2.75) is 159 Å². The molecule has 4 unspecified atom stereocenters. The Balaban J connectivity index is 0.000000114. The van der Waals surface area contributed by atoms with Gasteiger partial charge in [0.1, 0.15) is 11.6 Å². The number of nitrogens with one attached hydrogen (secondary N) is 2. The average Bonchev–Trinajstić information content (AvgIpc) is 2.80. The number of hydrogen-bond donors (Lipinski definition) is 3. The molecule has 0 saturated heterocycles. The lowest BCUT2D eigenvalue weighted by molar-refractivity contribution is -0.118. The molecule has 9 aromatic heterocycles. The van der Waals surface area contributed by atoms with Crippen LogP contribution >= 0.6 is 56.7 Å². The fourth-order valence-corrected chi connectivity index (χ4v) is 17.3. The molecule has 0 spiro atoms. The molecule has 11 aromatic rings. The molecule has 15 nitrogen and oxygen atoms in total. The van der Waals surface area contributed by atoms with E-state index in [1.54, 1.807) is 41.0 Å². The van der Waals surface area contributed by atoms with Gasteiger partial charge in [0, 0.05) is 72.5 Å². The van der Waals surface area contributed by atoms with Crippen LogP contribution in [0.5, 0.6) is 0 Å². The molecule has 4 N–H and O–H groups in total. The van der Waals surface area contributed by atoms with Gasteiger partial charge in [-0.3, -0.25) is 33.6 Å². The van der Waals surface area contributed by atoms with Crippen LogP contribution in [0.1, 0.15) is 132 Å². The summed E-state index contributed by atoms with van der Waals surface area (Å²) in [6, 6.07) is 18.6. The number of nitrogen functional groups attached to an aromatic ring is 1. The van der Waals surface area contributed by atoms with Crippen LogP contribution in [0, 0.1) is 62.2 Å². The average molecular weight is 1220 g/mol. The number of rotatable bonds is 5. The highest BCUT2D eigenvalue weighted by atomic mass is 32.1. The number of carbonyl (C=O) groups excluding carboxylic acids is 2. The number of aromatic nitrogens is 9. The summed E-state index contributed by atoms with van der Waals surface area (Å²) in [5, 5.41) is 19.2. The van der Waals surface area contributed by atoms with Gasteiger partial charge in [0.05, 0.1) is 46.1 Å². The molecule has 0 aliphatic heterocycles. The van der Waals surface area contributed by atoms with Crippen LogP contribution in [0.2, 0.25) is 0 Å². The van der Waals surface area contributed by atoms with Crippen molar-refractivity contribution in [1.29, 1.82) is 10.8 Å². The van der Waals surface area contributed by atoms with Crippen LogP contribution in [0.15, 0.2) is 77.7 Å². The van der Waals surface area contributed by atoms with Crippen LogP contribution in [-0.2, 0) is 74.0 Å². The lowest BCUT2D eigenvalue weighted by Crippen LogP contribution is -2.23. The Morgan fingerprint density at radius 2 is 1.06 bits per heavy atom. The fourth-order valence-electron chi connectivity index (χ4n) is 11.5. The van der Waals surface area contributed by atoms with Crippen molar-refractivity contribution in [1.82, 2.24) is 42.4 Å². The Kier molecular flexibility index (Phi) is 19.0. The number of aryl methyl sites for hydroxylation is 7. The van der Waals surface area contributed by atoms with Gasteiger partial charge >= 0.3 is 0 Å². The number of imidazole rings is 3. The van der Waals surface area contributed by atoms with E-state index in [0.29, 0.717) is 34.5 Å². The number of hydrogen-bond acceptors (Lipinski definition) is 15. The van der Waals surface area contributed by atoms with Crippen molar-refractivity contribution < 1.29 is 14.1 Å². The van der Waals surface area contributed by atoms with Crippen LogP contribution < -0.4 is 15.3 Å². The van der Waals surface area contributed by atoms with Crippen LogP contribution in [0.3, 0.4) is 0 Å². The molecular formula is C64H78N12O3S5. The first-order valence-electron chi connectivity index (χ1n) is 29.3. The predicted molar refractivity (Wildman–Crippen MR) is 344 cm³/mol.